The molecule has 0 radical (unpaired) electrons. The van der Waals surface area contributed by atoms with Gasteiger partial charge in [-0.2, -0.15) is 4.31 Å². The molecule has 1 unspecified atom stereocenters. The number of nitrogens with zero attached hydrogens (tertiary/aromatic N) is 2. The predicted molar refractivity (Wildman–Crippen MR) is 194 cm³/mol. The van der Waals surface area contributed by atoms with Crippen LogP contribution in [0.25, 0.3) is 0 Å². The van der Waals surface area contributed by atoms with Gasteiger partial charge in [0.1, 0.15) is 12.4 Å². The molecule has 1 fully saturated rings. The van der Waals surface area contributed by atoms with Gasteiger partial charge in [0.2, 0.25) is 10.0 Å². The predicted octanol–water partition coefficient (Wildman–Crippen LogP) is 5.54. The van der Waals surface area contributed by atoms with Crippen molar-refractivity contribution in [3.63, 3.8) is 0 Å². The summed E-state index contributed by atoms with van der Waals surface area (Å²) in [5.41, 5.74) is 5.16. The molecule has 4 atom stereocenters. The lowest BCUT2D eigenvalue weighted by molar-refractivity contribution is -0.0290. The van der Waals surface area contributed by atoms with Crippen molar-refractivity contribution in [2.24, 2.45) is 5.92 Å². The van der Waals surface area contributed by atoms with E-state index in [1.165, 1.54) is 0 Å². The molecular weight excluding hydrogens is 657 g/mol. The second kappa shape index (κ2) is 18.5. The zero-order valence-electron chi connectivity index (χ0n) is 30.0. The lowest BCUT2D eigenvalue weighted by atomic mass is 9.76. The Hall–Kier alpha value is -3.03. The highest BCUT2D eigenvalue weighted by Gasteiger charge is 2.42. The van der Waals surface area contributed by atoms with Crippen LogP contribution in [0, 0.1) is 12.8 Å². The van der Waals surface area contributed by atoms with Crippen molar-refractivity contribution >= 4 is 15.7 Å². The fourth-order valence-electron chi connectivity index (χ4n) is 6.90. The Morgan fingerprint density at radius 3 is 2.38 bits per heavy atom. The van der Waals surface area contributed by atoms with Crippen LogP contribution in [0.1, 0.15) is 54.4 Å². The molecule has 3 aromatic rings. The fraction of sp³-hybridized carbons (Fsp3) is 0.538. The van der Waals surface area contributed by atoms with Crippen molar-refractivity contribution in [3.8, 4) is 5.75 Å². The van der Waals surface area contributed by atoms with E-state index in [0.29, 0.717) is 59.0 Å². The standard InChI is InChI=1S/C39H54N2O8S/c1-29-6-15-35(16-7-29)50(43,44)41-25-34(12-8-30(2)42)39(33-13-9-31(10-14-33)27-47-23-22-46-4)38(26-41)49-28-32-11-17-37-36(24-32)40(19-21-48-37)18-5-20-45-3/h6-7,9-11,13-17,24,30,34,38-39,42H,5,8,12,18-23,25-28H2,1-4H3/t30?,34-,38+,39+/m1/s1. The van der Waals surface area contributed by atoms with Gasteiger partial charge in [0.05, 0.1) is 55.8 Å². The van der Waals surface area contributed by atoms with Crippen LogP contribution in [0.3, 0.4) is 0 Å². The molecular formula is C39H54N2O8S. The first-order valence-electron chi connectivity index (χ1n) is 17.7. The molecule has 2 aliphatic rings. The van der Waals surface area contributed by atoms with E-state index in [1.807, 2.05) is 31.2 Å². The van der Waals surface area contributed by atoms with Gasteiger partial charge in [-0.05, 0) is 80.0 Å². The van der Waals surface area contributed by atoms with E-state index in [2.05, 4.69) is 35.2 Å². The second-order valence-corrected chi connectivity index (χ2v) is 15.4. The third-order valence-corrected chi connectivity index (χ3v) is 11.5. The van der Waals surface area contributed by atoms with E-state index >= 15 is 0 Å². The number of methoxy groups -OCH3 is 2. The number of ether oxygens (including phenoxy) is 5. The minimum absolute atomic E-state index is 0.0828. The number of anilines is 1. The smallest absolute Gasteiger partial charge is 0.243 e. The van der Waals surface area contributed by atoms with Gasteiger partial charge in [-0.15, -0.1) is 0 Å². The molecule has 0 aromatic heterocycles. The molecule has 0 amide bonds. The van der Waals surface area contributed by atoms with Crippen LogP contribution in [0.2, 0.25) is 0 Å². The lowest BCUT2D eigenvalue weighted by Crippen LogP contribution is -2.51. The maximum atomic E-state index is 14.1. The topological polar surface area (TPSA) is 107 Å². The molecule has 1 saturated heterocycles. The summed E-state index contributed by atoms with van der Waals surface area (Å²) in [4.78, 5) is 2.60. The van der Waals surface area contributed by atoms with Crippen molar-refractivity contribution in [2.75, 3.05) is 71.7 Å². The Balaban J connectivity index is 1.44. The van der Waals surface area contributed by atoms with Gasteiger partial charge in [0.15, 0.2) is 0 Å². The largest absolute Gasteiger partial charge is 0.490 e. The number of piperidine rings is 1. The van der Waals surface area contributed by atoms with Crippen molar-refractivity contribution in [1.82, 2.24) is 4.31 Å². The van der Waals surface area contributed by atoms with Crippen LogP contribution in [0.4, 0.5) is 5.69 Å². The molecule has 2 heterocycles. The third-order valence-electron chi connectivity index (χ3n) is 9.63. The number of aliphatic hydroxyl groups excluding tert-OH is 1. The normalized spacial score (nSPS) is 20.3. The number of hydrogen-bond donors (Lipinski definition) is 1. The van der Waals surface area contributed by atoms with Crippen molar-refractivity contribution in [2.45, 2.75) is 69.3 Å². The first-order chi connectivity index (χ1) is 24.2. The number of sulfonamides is 1. The summed E-state index contributed by atoms with van der Waals surface area (Å²) >= 11 is 0. The molecule has 274 valence electrons. The SMILES string of the molecule is COCCCN1CCOc2ccc(CO[C@H]3CN(S(=O)(=O)c4ccc(C)cc4)C[C@@H](CCC(C)O)[C@@H]3c3ccc(COCCOC)cc3)cc21. The monoisotopic (exact) mass is 710 g/mol. The van der Waals surface area contributed by atoms with Crippen molar-refractivity contribution < 1.29 is 37.2 Å². The van der Waals surface area contributed by atoms with E-state index in [1.54, 1.807) is 37.6 Å². The molecule has 10 nitrogen and oxygen atoms in total. The Morgan fingerprint density at radius 1 is 0.920 bits per heavy atom. The molecule has 5 rings (SSSR count). The molecule has 0 bridgehead atoms. The number of aliphatic hydroxyl groups is 1. The van der Waals surface area contributed by atoms with Crippen LogP contribution in [0.15, 0.2) is 71.6 Å². The maximum Gasteiger partial charge on any atom is 0.243 e. The van der Waals surface area contributed by atoms with Gasteiger partial charge in [0, 0.05) is 46.4 Å². The third kappa shape index (κ3) is 10.1. The van der Waals surface area contributed by atoms with E-state index in [9.17, 15) is 13.5 Å². The highest BCUT2D eigenvalue weighted by Crippen LogP contribution is 2.41. The average molecular weight is 711 g/mol. The van der Waals surface area contributed by atoms with Gasteiger partial charge < -0.3 is 33.7 Å². The van der Waals surface area contributed by atoms with Gasteiger partial charge in [-0.1, -0.05) is 48.0 Å². The summed E-state index contributed by atoms with van der Waals surface area (Å²) in [6.45, 7) is 9.12. The van der Waals surface area contributed by atoms with Crippen LogP contribution >= 0.6 is 0 Å². The molecule has 1 N–H and O–H groups in total. The van der Waals surface area contributed by atoms with Crippen molar-refractivity contribution in [3.05, 3.63) is 89.0 Å². The van der Waals surface area contributed by atoms with Gasteiger partial charge >= 0.3 is 0 Å². The maximum absolute atomic E-state index is 14.1. The van der Waals surface area contributed by atoms with Gasteiger partial charge in [-0.25, -0.2) is 8.42 Å². The van der Waals surface area contributed by atoms with E-state index in [0.717, 1.165) is 53.2 Å². The molecule has 11 heteroatoms. The Bertz CT molecular complexity index is 1580. The number of benzene rings is 3. The summed E-state index contributed by atoms with van der Waals surface area (Å²) < 4.78 is 58.7. The van der Waals surface area contributed by atoms with E-state index < -0.39 is 22.2 Å². The zero-order chi connectivity index (χ0) is 35.5. The molecule has 0 aliphatic carbocycles. The summed E-state index contributed by atoms with van der Waals surface area (Å²) in [6.07, 6.45) is 1.18. The summed E-state index contributed by atoms with van der Waals surface area (Å²) in [5.74, 6) is 0.682. The Morgan fingerprint density at radius 2 is 1.66 bits per heavy atom. The zero-order valence-corrected chi connectivity index (χ0v) is 30.8. The van der Waals surface area contributed by atoms with E-state index in [4.69, 9.17) is 23.7 Å². The summed E-state index contributed by atoms with van der Waals surface area (Å²) in [7, 11) is -0.421. The number of hydrogen-bond acceptors (Lipinski definition) is 9. The molecule has 3 aromatic carbocycles. The first-order valence-corrected chi connectivity index (χ1v) is 19.1. The van der Waals surface area contributed by atoms with Crippen LogP contribution in [-0.2, 0) is 42.2 Å². The van der Waals surface area contributed by atoms with Crippen LogP contribution in [0.5, 0.6) is 5.75 Å². The number of rotatable bonds is 18. The van der Waals surface area contributed by atoms with Gasteiger partial charge in [0.25, 0.3) is 0 Å². The summed E-state index contributed by atoms with van der Waals surface area (Å²) in [5, 5.41) is 10.3. The minimum Gasteiger partial charge on any atom is -0.490 e. The number of aryl methyl sites for hydroxylation is 1. The second-order valence-electron chi connectivity index (χ2n) is 13.5. The van der Waals surface area contributed by atoms with E-state index in [-0.39, 0.29) is 23.3 Å². The lowest BCUT2D eigenvalue weighted by Gasteiger charge is -2.43. The average Bonchev–Trinajstić information content (AvgIpc) is 3.12. The Labute approximate surface area is 298 Å². The highest BCUT2D eigenvalue weighted by molar-refractivity contribution is 7.89. The molecule has 0 saturated carbocycles. The van der Waals surface area contributed by atoms with Gasteiger partial charge in [-0.3, -0.25) is 0 Å². The van der Waals surface area contributed by atoms with Crippen LogP contribution in [-0.4, -0.2) is 96.9 Å². The molecule has 0 spiro atoms. The first kappa shape index (κ1) is 38.2. The highest BCUT2D eigenvalue weighted by atomic mass is 32.2. The molecule has 50 heavy (non-hydrogen) atoms. The fourth-order valence-corrected chi connectivity index (χ4v) is 8.41. The minimum atomic E-state index is -3.79. The summed E-state index contributed by atoms with van der Waals surface area (Å²) in [6, 6.07) is 21.5. The Kier molecular flexibility index (Phi) is 14.1. The van der Waals surface area contributed by atoms with Crippen molar-refractivity contribution in [1.29, 1.82) is 0 Å². The van der Waals surface area contributed by atoms with Crippen LogP contribution < -0.4 is 9.64 Å². The number of fused-ring (bicyclic) bond motifs is 1. The molecule has 2 aliphatic heterocycles. The quantitative estimate of drug-likeness (QED) is 0.170.